The van der Waals surface area contributed by atoms with E-state index in [1.165, 1.54) is 6.07 Å². The van der Waals surface area contributed by atoms with Crippen LogP contribution in [-0.4, -0.2) is 36.6 Å². The number of nitro groups is 1. The summed E-state index contributed by atoms with van der Waals surface area (Å²) in [6, 6.07) is 2.99. The number of nitro benzene ring substituents is 1. The molecule has 1 aliphatic rings. The Kier molecular flexibility index (Phi) is 4.81. The van der Waals surface area contributed by atoms with Gasteiger partial charge in [0.2, 0.25) is 5.91 Å². The summed E-state index contributed by atoms with van der Waals surface area (Å²) >= 11 is 0. The van der Waals surface area contributed by atoms with Crippen molar-refractivity contribution >= 4 is 17.3 Å². The Hall–Kier alpha value is -2.06. The minimum absolute atomic E-state index is 0.0762. The molecule has 0 aromatic heterocycles. The highest BCUT2D eigenvalue weighted by Gasteiger charge is 2.33. The smallest absolute Gasteiger partial charge is 0.272 e. The summed E-state index contributed by atoms with van der Waals surface area (Å²) in [6.45, 7) is 3.31. The first kappa shape index (κ1) is 15.3. The van der Waals surface area contributed by atoms with Crippen LogP contribution < -0.4 is 10.6 Å². The highest BCUT2D eigenvalue weighted by atomic mass is 19.1. The van der Waals surface area contributed by atoms with Gasteiger partial charge in [-0.15, -0.1) is 0 Å². The Morgan fingerprint density at radius 1 is 1.52 bits per heavy atom. The van der Waals surface area contributed by atoms with E-state index < -0.39 is 16.7 Å². The lowest BCUT2D eigenvalue weighted by atomic mass is 10.0. The summed E-state index contributed by atoms with van der Waals surface area (Å²) in [4.78, 5) is 22.0. The Labute approximate surface area is 120 Å². The van der Waals surface area contributed by atoms with Crippen LogP contribution >= 0.6 is 0 Å². The number of likely N-dealkylation sites (N-methyl/N-ethyl adjacent to an activating group) is 1. The van der Waals surface area contributed by atoms with Gasteiger partial charge in [-0.3, -0.25) is 14.9 Å². The van der Waals surface area contributed by atoms with Gasteiger partial charge in [0.05, 0.1) is 35.8 Å². The number of rotatable bonds is 5. The van der Waals surface area contributed by atoms with Gasteiger partial charge in [-0.2, -0.15) is 0 Å². The van der Waals surface area contributed by atoms with E-state index in [1.54, 1.807) is 0 Å². The number of hydrogen-bond acceptors (Lipinski definition) is 5. The van der Waals surface area contributed by atoms with E-state index in [1.807, 2.05) is 6.92 Å². The van der Waals surface area contributed by atoms with Crippen molar-refractivity contribution in [1.82, 2.24) is 5.32 Å². The molecule has 2 atom stereocenters. The van der Waals surface area contributed by atoms with Gasteiger partial charge < -0.3 is 15.4 Å². The largest absolute Gasteiger partial charge is 0.379 e. The highest BCUT2D eigenvalue weighted by molar-refractivity contribution is 5.93. The minimum Gasteiger partial charge on any atom is -0.379 e. The van der Waals surface area contributed by atoms with Crippen molar-refractivity contribution in [3.05, 3.63) is 34.1 Å². The van der Waals surface area contributed by atoms with Gasteiger partial charge >= 0.3 is 0 Å². The lowest BCUT2D eigenvalue weighted by Crippen LogP contribution is -2.41. The van der Waals surface area contributed by atoms with Crippen LogP contribution in [0, 0.1) is 21.8 Å². The van der Waals surface area contributed by atoms with Gasteiger partial charge in [0.1, 0.15) is 0 Å². The minimum atomic E-state index is -0.837. The summed E-state index contributed by atoms with van der Waals surface area (Å²) in [5.41, 5.74) is -0.437. The molecule has 1 aromatic rings. The molecule has 1 saturated heterocycles. The van der Waals surface area contributed by atoms with E-state index in [4.69, 9.17) is 4.74 Å². The van der Waals surface area contributed by atoms with Crippen LogP contribution in [0.2, 0.25) is 0 Å². The molecule has 0 saturated carbocycles. The SMILES string of the molecule is CCNC1COCC1C(=O)Nc1ccc([N+](=O)[O-])cc1F. The van der Waals surface area contributed by atoms with Crippen molar-refractivity contribution in [1.29, 1.82) is 0 Å². The van der Waals surface area contributed by atoms with Crippen molar-refractivity contribution in [2.75, 3.05) is 25.1 Å². The van der Waals surface area contributed by atoms with Crippen molar-refractivity contribution in [2.45, 2.75) is 13.0 Å². The molecule has 114 valence electrons. The molecule has 1 fully saturated rings. The number of hydrogen-bond donors (Lipinski definition) is 2. The number of carbonyl (C=O) groups excluding carboxylic acids is 1. The van der Waals surface area contributed by atoms with Gasteiger partial charge in [-0.05, 0) is 12.6 Å². The Morgan fingerprint density at radius 3 is 2.90 bits per heavy atom. The first-order valence-electron chi connectivity index (χ1n) is 6.59. The molecule has 0 radical (unpaired) electrons. The molecule has 7 nitrogen and oxygen atoms in total. The summed E-state index contributed by atoms with van der Waals surface area (Å²) in [5, 5.41) is 16.1. The molecule has 1 heterocycles. The van der Waals surface area contributed by atoms with Crippen molar-refractivity contribution in [2.24, 2.45) is 5.92 Å². The fraction of sp³-hybridized carbons (Fsp3) is 0.462. The van der Waals surface area contributed by atoms with Crippen LogP contribution in [0.15, 0.2) is 18.2 Å². The molecule has 1 aromatic carbocycles. The van der Waals surface area contributed by atoms with Crippen LogP contribution in [-0.2, 0) is 9.53 Å². The lowest BCUT2D eigenvalue weighted by Gasteiger charge is -2.17. The second-order valence-electron chi connectivity index (χ2n) is 4.72. The Bertz CT molecular complexity index is 552. The fourth-order valence-corrected chi connectivity index (χ4v) is 2.22. The molecule has 2 unspecified atom stereocenters. The molecule has 2 rings (SSSR count). The third-order valence-electron chi connectivity index (χ3n) is 3.30. The third-order valence-corrected chi connectivity index (χ3v) is 3.30. The quantitative estimate of drug-likeness (QED) is 0.631. The predicted octanol–water partition coefficient (Wildman–Crippen LogP) is 1.30. The number of non-ortho nitro benzene ring substituents is 1. The molecule has 8 heteroatoms. The van der Waals surface area contributed by atoms with Crippen molar-refractivity contribution in [3.63, 3.8) is 0 Å². The van der Waals surface area contributed by atoms with E-state index in [0.29, 0.717) is 13.2 Å². The highest BCUT2D eigenvalue weighted by Crippen LogP contribution is 2.22. The standard InChI is InChI=1S/C13H16FN3O4/c1-2-15-12-7-21-6-9(12)13(18)16-11-4-3-8(17(19)20)5-10(11)14/h3-5,9,12,15H,2,6-7H2,1H3,(H,16,18). The average molecular weight is 297 g/mol. The fourth-order valence-electron chi connectivity index (χ4n) is 2.22. The molecule has 0 spiro atoms. The number of carbonyl (C=O) groups is 1. The van der Waals surface area contributed by atoms with Crippen LogP contribution in [0.3, 0.4) is 0 Å². The zero-order valence-corrected chi connectivity index (χ0v) is 11.5. The van der Waals surface area contributed by atoms with Gasteiger partial charge in [0, 0.05) is 12.1 Å². The van der Waals surface area contributed by atoms with Gasteiger partial charge in [0.15, 0.2) is 5.82 Å². The molecular formula is C13H16FN3O4. The maximum Gasteiger partial charge on any atom is 0.272 e. The number of nitrogens with one attached hydrogen (secondary N) is 2. The second-order valence-corrected chi connectivity index (χ2v) is 4.72. The number of amides is 1. The van der Waals surface area contributed by atoms with Crippen molar-refractivity contribution < 1.29 is 18.8 Å². The molecule has 21 heavy (non-hydrogen) atoms. The van der Waals surface area contributed by atoms with E-state index in [2.05, 4.69) is 10.6 Å². The Balaban J connectivity index is 2.07. The summed E-state index contributed by atoms with van der Waals surface area (Å²) in [6.07, 6.45) is 0. The first-order valence-corrected chi connectivity index (χ1v) is 6.59. The molecule has 1 aliphatic heterocycles. The van der Waals surface area contributed by atoms with E-state index in [9.17, 15) is 19.3 Å². The number of halogens is 1. The van der Waals surface area contributed by atoms with Gasteiger partial charge in [0.25, 0.3) is 5.69 Å². The van der Waals surface area contributed by atoms with Crippen molar-refractivity contribution in [3.8, 4) is 0 Å². The van der Waals surface area contributed by atoms with Crippen LogP contribution in [0.4, 0.5) is 15.8 Å². The predicted molar refractivity (Wildman–Crippen MR) is 73.5 cm³/mol. The van der Waals surface area contributed by atoms with Gasteiger partial charge in [-0.1, -0.05) is 6.92 Å². The summed E-state index contributed by atoms with van der Waals surface area (Å²) < 4.78 is 19.0. The molecule has 0 bridgehead atoms. The maximum absolute atomic E-state index is 13.7. The van der Waals surface area contributed by atoms with Crippen LogP contribution in [0.5, 0.6) is 0 Å². The number of benzene rings is 1. The molecule has 1 amide bonds. The third kappa shape index (κ3) is 3.53. The lowest BCUT2D eigenvalue weighted by molar-refractivity contribution is -0.385. The zero-order valence-electron chi connectivity index (χ0n) is 11.5. The second kappa shape index (κ2) is 6.59. The molecular weight excluding hydrogens is 281 g/mol. The van der Waals surface area contributed by atoms with E-state index in [-0.39, 0.29) is 29.9 Å². The maximum atomic E-state index is 13.7. The average Bonchev–Trinajstić information content (AvgIpc) is 2.89. The van der Waals surface area contributed by atoms with E-state index >= 15 is 0 Å². The van der Waals surface area contributed by atoms with Gasteiger partial charge in [-0.25, -0.2) is 4.39 Å². The number of anilines is 1. The first-order chi connectivity index (χ1) is 10.0. The van der Waals surface area contributed by atoms with Crippen LogP contribution in [0.1, 0.15) is 6.92 Å². The van der Waals surface area contributed by atoms with E-state index in [0.717, 1.165) is 12.1 Å². The Morgan fingerprint density at radius 2 is 2.29 bits per heavy atom. The topological polar surface area (TPSA) is 93.5 Å². The van der Waals surface area contributed by atoms with Crippen LogP contribution in [0.25, 0.3) is 0 Å². The normalized spacial score (nSPS) is 21.2. The molecule has 0 aliphatic carbocycles. The molecule has 2 N–H and O–H groups in total. The monoisotopic (exact) mass is 297 g/mol. The number of ether oxygens (including phenoxy) is 1. The summed E-state index contributed by atoms with van der Waals surface area (Å²) in [5.74, 6) is -1.62. The number of nitrogens with zero attached hydrogens (tertiary/aromatic N) is 1. The zero-order chi connectivity index (χ0) is 15.4. The summed E-state index contributed by atoms with van der Waals surface area (Å²) in [7, 11) is 0.